The first kappa shape index (κ1) is 24.9. The molecule has 0 radical (unpaired) electrons. The van der Waals surface area contributed by atoms with Crippen molar-refractivity contribution in [3.8, 4) is 0 Å². The predicted octanol–water partition coefficient (Wildman–Crippen LogP) is 3.62. The lowest BCUT2D eigenvalue weighted by atomic mass is 9.55. The lowest BCUT2D eigenvalue weighted by Crippen LogP contribution is -2.60. The standard InChI is InChI=1S/C25H28N2O7/c1-15-21(23(28)34-4)22(18-11-8-12-19(13-18)27(31)32)25(24(29)30,16(2)26-15)20(14-33-3)17-9-6-5-7-10-17/h5-13,16,20,22,26H,14H2,1-4H3,(H,29,30). The Kier molecular flexibility index (Phi) is 7.36. The van der Waals surface area contributed by atoms with Crippen LogP contribution in [0.5, 0.6) is 0 Å². The fourth-order valence-corrected chi connectivity index (χ4v) is 5.19. The average Bonchev–Trinajstić information content (AvgIpc) is 2.82. The number of carboxylic acid groups (broad SMARTS) is 1. The molecule has 0 saturated carbocycles. The molecule has 9 heteroatoms. The maximum absolute atomic E-state index is 13.3. The fraction of sp³-hybridized carbons (Fsp3) is 0.360. The first-order chi connectivity index (χ1) is 16.2. The Morgan fingerprint density at radius 3 is 2.41 bits per heavy atom. The van der Waals surface area contributed by atoms with Crippen LogP contribution < -0.4 is 5.32 Å². The van der Waals surface area contributed by atoms with Gasteiger partial charge in [0, 0.05) is 42.8 Å². The number of benzene rings is 2. The van der Waals surface area contributed by atoms with Crippen LogP contribution in [-0.4, -0.2) is 48.8 Å². The van der Waals surface area contributed by atoms with Gasteiger partial charge in [0.15, 0.2) is 0 Å². The van der Waals surface area contributed by atoms with E-state index in [0.29, 0.717) is 16.8 Å². The Morgan fingerprint density at radius 2 is 1.85 bits per heavy atom. The minimum absolute atomic E-state index is 0.0429. The largest absolute Gasteiger partial charge is 0.481 e. The average molecular weight is 469 g/mol. The topological polar surface area (TPSA) is 128 Å². The molecular weight excluding hydrogens is 440 g/mol. The summed E-state index contributed by atoms with van der Waals surface area (Å²) in [5, 5.41) is 25.6. The summed E-state index contributed by atoms with van der Waals surface area (Å²) >= 11 is 0. The minimum atomic E-state index is -1.66. The summed E-state index contributed by atoms with van der Waals surface area (Å²) in [5.41, 5.74) is -0.248. The van der Waals surface area contributed by atoms with E-state index in [2.05, 4.69) is 5.32 Å². The van der Waals surface area contributed by atoms with Crippen LogP contribution in [0.3, 0.4) is 0 Å². The first-order valence-electron chi connectivity index (χ1n) is 10.8. The van der Waals surface area contributed by atoms with E-state index in [1.165, 1.54) is 32.4 Å². The summed E-state index contributed by atoms with van der Waals surface area (Å²) in [7, 11) is 2.70. The number of ether oxygens (including phenoxy) is 2. The van der Waals surface area contributed by atoms with Crippen molar-refractivity contribution in [2.45, 2.75) is 31.7 Å². The second kappa shape index (κ2) is 10.0. The molecule has 2 aromatic rings. The monoisotopic (exact) mass is 468 g/mol. The molecule has 3 rings (SSSR count). The number of hydrogen-bond acceptors (Lipinski definition) is 7. The van der Waals surface area contributed by atoms with Crippen molar-refractivity contribution >= 4 is 17.6 Å². The number of carbonyl (C=O) groups excluding carboxylic acids is 1. The SMILES string of the molecule is COCC(c1ccccc1)C1(C(=O)O)C(C)NC(C)=C(C(=O)OC)C1c1cccc([N+](=O)[O-])c1. The molecule has 4 unspecified atom stereocenters. The molecule has 4 atom stereocenters. The van der Waals surface area contributed by atoms with Crippen molar-refractivity contribution in [1.82, 2.24) is 5.32 Å². The Hall–Kier alpha value is -3.72. The number of carbonyl (C=O) groups is 2. The van der Waals surface area contributed by atoms with Gasteiger partial charge >= 0.3 is 11.9 Å². The number of allylic oxidation sites excluding steroid dienone is 1. The molecule has 34 heavy (non-hydrogen) atoms. The summed E-state index contributed by atoms with van der Waals surface area (Å²) in [6, 6.07) is 14.1. The van der Waals surface area contributed by atoms with Gasteiger partial charge in [-0.3, -0.25) is 14.9 Å². The Labute approximate surface area is 197 Å². The summed E-state index contributed by atoms with van der Waals surface area (Å²) in [6.45, 7) is 3.45. The lowest BCUT2D eigenvalue weighted by Gasteiger charge is -2.51. The van der Waals surface area contributed by atoms with Gasteiger partial charge in [-0.05, 0) is 25.0 Å². The molecule has 1 aliphatic heterocycles. The number of nitro benzene ring substituents is 1. The van der Waals surface area contributed by atoms with Crippen molar-refractivity contribution in [3.05, 3.63) is 87.1 Å². The Balaban J connectivity index is 2.43. The van der Waals surface area contributed by atoms with Crippen molar-refractivity contribution in [1.29, 1.82) is 0 Å². The van der Waals surface area contributed by atoms with E-state index < -0.39 is 40.2 Å². The van der Waals surface area contributed by atoms with E-state index in [1.807, 2.05) is 18.2 Å². The number of carboxylic acids is 1. The number of methoxy groups -OCH3 is 2. The van der Waals surface area contributed by atoms with Crippen molar-refractivity contribution in [3.63, 3.8) is 0 Å². The summed E-state index contributed by atoms with van der Waals surface area (Å²) in [5.74, 6) is -3.64. The van der Waals surface area contributed by atoms with Gasteiger partial charge in [-0.1, -0.05) is 42.5 Å². The predicted molar refractivity (Wildman–Crippen MR) is 124 cm³/mol. The molecule has 180 valence electrons. The molecule has 1 aliphatic rings. The van der Waals surface area contributed by atoms with Crippen molar-refractivity contribution in [2.24, 2.45) is 5.41 Å². The van der Waals surface area contributed by atoms with Gasteiger partial charge in [-0.25, -0.2) is 4.79 Å². The maximum Gasteiger partial charge on any atom is 0.336 e. The van der Waals surface area contributed by atoms with Gasteiger partial charge in [0.2, 0.25) is 0 Å². The maximum atomic E-state index is 13.3. The highest BCUT2D eigenvalue weighted by molar-refractivity contribution is 5.94. The summed E-state index contributed by atoms with van der Waals surface area (Å²) in [6.07, 6.45) is 0. The van der Waals surface area contributed by atoms with Crippen LogP contribution in [0, 0.1) is 15.5 Å². The highest BCUT2D eigenvalue weighted by Gasteiger charge is 2.61. The van der Waals surface area contributed by atoms with Crippen molar-refractivity contribution < 1.29 is 29.1 Å². The van der Waals surface area contributed by atoms with Gasteiger partial charge in [-0.2, -0.15) is 0 Å². The number of non-ortho nitro benzene ring substituents is 1. The number of nitrogens with one attached hydrogen (secondary N) is 1. The van der Waals surface area contributed by atoms with Gasteiger partial charge in [-0.15, -0.1) is 0 Å². The zero-order valence-corrected chi connectivity index (χ0v) is 19.5. The third-order valence-corrected chi connectivity index (χ3v) is 6.62. The molecule has 0 fully saturated rings. The van der Waals surface area contributed by atoms with E-state index in [1.54, 1.807) is 32.0 Å². The van der Waals surface area contributed by atoms with Crippen molar-refractivity contribution in [2.75, 3.05) is 20.8 Å². The summed E-state index contributed by atoms with van der Waals surface area (Å²) < 4.78 is 10.5. The molecule has 0 amide bonds. The highest BCUT2D eigenvalue weighted by atomic mass is 16.6. The fourth-order valence-electron chi connectivity index (χ4n) is 5.19. The van der Waals surface area contributed by atoms with Crippen LogP contribution in [0.25, 0.3) is 0 Å². The molecule has 1 heterocycles. The van der Waals surface area contributed by atoms with E-state index in [9.17, 15) is 24.8 Å². The van der Waals surface area contributed by atoms with E-state index in [-0.39, 0.29) is 17.9 Å². The molecule has 2 aromatic carbocycles. The third kappa shape index (κ3) is 4.14. The highest BCUT2D eigenvalue weighted by Crippen LogP contribution is 2.56. The second-order valence-electron chi connectivity index (χ2n) is 8.34. The van der Waals surface area contributed by atoms with Gasteiger partial charge < -0.3 is 19.9 Å². The zero-order valence-electron chi connectivity index (χ0n) is 19.5. The summed E-state index contributed by atoms with van der Waals surface area (Å²) in [4.78, 5) is 37.4. The smallest absolute Gasteiger partial charge is 0.336 e. The Morgan fingerprint density at radius 1 is 1.18 bits per heavy atom. The molecule has 2 N–H and O–H groups in total. The third-order valence-electron chi connectivity index (χ3n) is 6.62. The normalized spacial score (nSPS) is 23.1. The molecule has 9 nitrogen and oxygen atoms in total. The van der Waals surface area contributed by atoms with E-state index in [0.717, 1.165) is 0 Å². The van der Waals surface area contributed by atoms with Crippen LogP contribution in [0.1, 0.15) is 36.8 Å². The van der Waals surface area contributed by atoms with Crippen LogP contribution in [0.15, 0.2) is 65.9 Å². The quantitative estimate of drug-likeness (QED) is 0.342. The van der Waals surface area contributed by atoms with Gasteiger partial charge in [0.25, 0.3) is 5.69 Å². The number of nitro groups is 1. The van der Waals surface area contributed by atoms with Crippen LogP contribution in [0.2, 0.25) is 0 Å². The minimum Gasteiger partial charge on any atom is -0.481 e. The first-order valence-corrected chi connectivity index (χ1v) is 10.8. The number of esters is 1. The van der Waals surface area contributed by atoms with Crippen LogP contribution in [-0.2, 0) is 19.1 Å². The van der Waals surface area contributed by atoms with Gasteiger partial charge in [0.1, 0.15) is 5.41 Å². The van der Waals surface area contributed by atoms with Gasteiger partial charge in [0.05, 0.1) is 24.2 Å². The van der Waals surface area contributed by atoms with E-state index in [4.69, 9.17) is 9.47 Å². The molecule has 0 aliphatic carbocycles. The number of rotatable bonds is 8. The number of nitrogens with zero attached hydrogens (tertiary/aromatic N) is 1. The molecular formula is C25H28N2O7. The van der Waals surface area contributed by atoms with Crippen LogP contribution in [0.4, 0.5) is 5.69 Å². The zero-order chi connectivity index (χ0) is 25.0. The molecule has 0 bridgehead atoms. The number of hydrogen-bond donors (Lipinski definition) is 2. The molecule has 0 spiro atoms. The molecule has 0 saturated heterocycles. The second-order valence-corrected chi connectivity index (χ2v) is 8.34. The van der Waals surface area contributed by atoms with Crippen LogP contribution >= 0.6 is 0 Å². The number of aliphatic carboxylic acids is 1. The Bertz CT molecular complexity index is 1120. The van der Waals surface area contributed by atoms with E-state index >= 15 is 0 Å². The lowest BCUT2D eigenvalue weighted by molar-refractivity contribution is -0.384. The molecule has 0 aromatic heterocycles.